The van der Waals surface area contributed by atoms with Crippen molar-refractivity contribution in [2.75, 3.05) is 5.32 Å². The molecule has 0 atom stereocenters. The number of carbonyl (C=O) groups excluding carboxylic acids is 1. The van der Waals surface area contributed by atoms with Crippen molar-refractivity contribution in [3.05, 3.63) is 42.0 Å². The predicted molar refractivity (Wildman–Crippen MR) is 140 cm³/mol. The summed E-state index contributed by atoms with van der Waals surface area (Å²) in [5, 5.41) is 11.9. The minimum absolute atomic E-state index is 0.107. The van der Waals surface area contributed by atoms with Crippen molar-refractivity contribution < 1.29 is 14.7 Å². The summed E-state index contributed by atoms with van der Waals surface area (Å²) in [5.74, 6) is -1.13. The Balaban J connectivity index is 1.87. The number of carboxylic acid groups (broad SMARTS) is 1. The summed E-state index contributed by atoms with van der Waals surface area (Å²) in [7, 11) is 0. The van der Waals surface area contributed by atoms with Gasteiger partial charge in [-0.1, -0.05) is 108 Å². The number of carbonyl (C=O) groups is 2. The Labute approximate surface area is 202 Å². The van der Waals surface area contributed by atoms with Gasteiger partial charge in [-0.2, -0.15) is 0 Å². The molecule has 186 valence electrons. The molecule has 4 nitrogen and oxygen atoms in total. The fourth-order valence-electron chi connectivity index (χ4n) is 4.05. The summed E-state index contributed by atoms with van der Waals surface area (Å²) in [5.41, 5.74) is 0.512. The number of benzene rings is 1. The number of hydrogen-bond acceptors (Lipinski definition) is 2. The minimum atomic E-state index is -1.02. The molecular weight excluding hydrogens is 410 g/mol. The first kappa shape index (κ1) is 28.9. The van der Waals surface area contributed by atoms with E-state index in [2.05, 4.69) is 24.4 Å². The van der Waals surface area contributed by atoms with Crippen LogP contribution in [0.25, 0.3) is 0 Å². The largest absolute Gasteiger partial charge is 0.478 e. The van der Waals surface area contributed by atoms with Crippen molar-refractivity contribution in [3.8, 4) is 0 Å². The number of hydrogen-bond donors (Lipinski definition) is 2. The van der Waals surface area contributed by atoms with E-state index in [0.717, 1.165) is 12.8 Å². The van der Waals surface area contributed by atoms with Crippen molar-refractivity contribution in [2.24, 2.45) is 0 Å². The molecular formula is C29H47NO3. The van der Waals surface area contributed by atoms with Gasteiger partial charge in [0.1, 0.15) is 0 Å². The van der Waals surface area contributed by atoms with Gasteiger partial charge in [-0.05, 0) is 44.2 Å². The number of para-hydroxylation sites is 1. The summed E-state index contributed by atoms with van der Waals surface area (Å²) in [4.78, 5) is 23.3. The van der Waals surface area contributed by atoms with Crippen LogP contribution >= 0.6 is 0 Å². The highest BCUT2D eigenvalue weighted by molar-refractivity contribution is 6.00. The van der Waals surface area contributed by atoms with E-state index < -0.39 is 5.97 Å². The maximum absolute atomic E-state index is 12.1. The smallest absolute Gasteiger partial charge is 0.337 e. The Kier molecular flexibility index (Phi) is 18.0. The van der Waals surface area contributed by atoms with Crippen LogP contribution < -0.4 is 5.32 Å². The van der Waals surface area contributed by atoms with Gasteiger partial charge in [0.15, 0.2) is 0 Å². The highest BCUT2D eigenvalue weighted by atomic mass is 16.4. The average Bonchev–Trinajstić information content (AvgIpc) is 2.80. The zero-order valence-electron chi connectivity index (χ0n) is 21.0. The SMILES string of the molecule is CCCCCCCC/C=C\CCCCCCCCCCCC(=O)Nc1ccccc1C(=O)O. The zero-order chi connectivity index (χ0) is 24.0. The number of unbranched alkanes of at least 4 members (excludes halogenated alkanes) is 15. The molecule has 0 heterocycles. The number of amides is 1. The van der Waals surface area contributed by atoms with Crippen molar-refractivity contribution in [1.82, 2.24) is 0 Å². The van der Waals surface area contributed by atoms with Crippen LogP contribution in [-0.2, 0) is 4.79 Å². The lowest BCUT2D eigenvalue weighted by Crippen LogP contribution is -2.14. The van der Waals surface area contributed by atoms with Gasteiger partial charge in [-0.15, -0.1) is 0 Å². The molecule has 1 aromatic carbocycles. The lowest BCUT2D eigenvalue weighted by molar-refractivity contribution is -0.116. The van der Waals surface area contributed by atoms with Crippen molar-refractivity contribution in [1.29, 1.82) is 0 Å². The molecule has 33 heavy (non-hydrogen) atoms. The number of carboxylic acids is 1. The summed E-state index contributed by atoms with van der Waals surface area (Å²) < 4.78 is 0. The van der Waals surface area contributed by atoms with Gasteiger partial charge in [0.05, 0.1) is 11.3 Å². The molecule has 4 heteroatoms. The quantitative estimate of drug-likeness (QED) is 0.143. The highest BCUT2D eigenvalue weighted by Gasteiger charge is 2.11. The molecule has 0 radical (unpaired) electrons. The molecule has 0 saturated heterocycles. The molecule has 0 aliphatic carbocycles. The monoisotopic (exact) mass is 457 g/mol. The highest BCUT2D eigenvalue weighted by Crippen LogP contribution is 2.16. The van der Waals surface area contributed by atoms with E-state index in [1.807, 2.05) is 0 Å². The number of aromatic carboxylic acids is 1. The molecule has 0 aliphatic heterocycles. The predicted octanol–water partition coefficient (Wildman–Crippen LogP) is 8.92. The minimum Gasteiger partial charge on any atom is -0.478 e. The first-order valence-corrected chi connectivity index (χ1v) is 13.4. The molecule has 2 N–H and O–H groups in total. The standard InChI is InChI=1S/C29H47NO3/c1-2-3-4-5-6-7-8-9-10-11-12-13-14-15-16-17-18-19-20-25-28(31)30-27-24-22-21-23-26(27)29(32)33/h9-10,21-24H,2-8,11-20,25H2,1H3,(H,30,31)(H,32,33)/b10-9-. The van der Waals surface area contributed by atoms with Gasteiger partial charge >= 0.3 is 5.97 Å². The van der Waals surface area contributed by atoms with Crippen LogP contribution in [0.2, 0.25) is 0 Å². The number of nitrogens with one attached hydrogen (secondary N) is 1. The summed E-state index contributed by atoms with van der Waals surface area (Å²) in [6.07, 6.45) is 26.8. The summed E-state index contributed by atoms with van der Waals surface area (Å²) in [6.45, 7) is 2.27. The molecule has 0 fully saturated rings. The molecule has 0 aliphatic rings. The maximum atomic E-state index is 12.1. The Morgan fingerprint density at radius 2 is 1.21 bits per heavy atom. The van der Waals surface area contributed by atoms with Gasteiger partial charge in [-0.25, -0.2) is 4.79 Å². The third-order valence-corrected chi connectivity index (χ3v) is 6.10. The van der Waals surface area contributed by atoms with E-state index in [-0.39, 0.29) is 11.5 Å². The molecule has 0 spiro atoms. The molecule has 0 saturated carbocycles. The number of rotatable bonds is 21. The van der Waals surface area contributed by atoms with Crippen LogP contribution in [0.3, 0.4) is 0 Å². The van der Waals surface area contributed by atoms with Crippen molar-refractivity contribution in [3.63, 3.8) is 0 Å². The van der Waals surface area contributed by atoms with E-state index >= 15 is 0 Å². The second-order valence-electron chi connectivity index (χ2n) is 9.15. The zero-order valence-corrected chi connectivity index (χ0v) is 21.0. The normalized spacial score (nSPS) is 11.2. The summed E-state index contributed by atoms with van der Waals surface area (Å²) >= 11 is 0. The first-order chi connectivity index (χ1) is 16.1. The van der Waals surface area contributed by atoms with E-state index in [1.54, 1.807) is 18.2 Å². The third-order valence-electron chi connectivity index (χ3n) is 6.10. The van der Waals surface area contributed by atoms with E-state index in [1.165, 1.54) is 102 Å². The molecule has 1 aromatic rings. The number of anilines is 1. The van der Waals surface area contributed by atoms with Gasteiger partial charge < -0.3 is 10.4 Å². The van der Waals surface area contributed by atoms with Crippen LogP contribution in [-0.4, -0.2) is 17.0 Å². The molecule has 1 amide bonds. The molecule has 0 unspecified atom stereocenters. The van der Waals surface area contributed by atoms with Gasteiger partial charge in [0, 0.05) is 6.42 Å². The van der Waals surface area contributed by atoms with Gasteiger partial charge in [0.25, 0.3) is 0 Å². The van der Waals surface area contributed by atoms with E-state index in [9.17, 15) is 9.59 Å². The Morgan fingerprint density at radius 1 is 0.727 bits per heavy atom. The Hall–Kier alpha value is -2.10. The van der Waals surface area contributed by atoms with Crippen molar-refractivity contribution in [2.45, 2.75) is 122 Å². The van der Waals surface area contributed by atoms with Crippen LogP contribution in [0, 0.1) is 0 Å². The lowest BCUT2D eigenvalue weighted by Gasteiger charge is -2.08. The maximum Gasteiger partial charge on any atom is 0.337 e. The second-order valence-corrected chi connectivity index (χ2v) is 9.15. The summed E-state index contributed by atoms with van der Waals surface area (Å²) in [6, 6.07) is 6.53. The third kappa shape index (κ3) is 16.2. The van der Waals surface area contributed by atoms with Crippen LogP contribution in [0.5, 0.6) is 0 Å². The fourth-order valence-corrected chi connectivity index (χ4v) is 4.05. The van der Waals surface area contributed by atoms with E-state index in [0.29, 0.717) is 12.1 Å². The second kappa shape index (κ2) is 20.5. The van der Waals surface area contributed by atoms with E-state index in [4.69, 9.17) is 5.11 Å². The van der Waals surface area contributed by atoms with Crippen LogP contribution in [0.4, 0.5) is 5.69 Å². The topological polar surface area (TPSA) is 66.4 Å². The van der Waals surface area contributed by atoms with Crippen LogP contribution in [0.1, 0.15) is 133 Å². The molecule has 1 rings (SSSR count). The van der Waals surface area contributed by atoms with Gasteiger partial charge in [0.2, 0.25) is 5.91 Å². The Bertz CT molecular complexity index is 669. The fraction of sp³-hybridized carbons (Fsp3) is 0.655. The molecule has 0 bridgehead atoms. The lowest BCUT2D eigenvalue weighted by atomic mass is 10.1. The first-order valence-electron chi connectivity index (χ1n) is 13.4. The number of allylic oxidation sites excluding steroid dienone is 2. The molecule has 0 aromatic heterocycles. The van der Waals surface area contributed by atoms with Gasteiger partial charge in [-0.3, -0.25) is 4.79 Å². The van der Waals surface area contributed by atoms with Crippen molar-refractivity contribution >= 4 is 17.6 Å². The Morgan fingerprint density at radius 3 is 1.76 bits per heavy atom. The average molecular weight is 458 g/mol. The van der Waals surface area contributed by atoms with Crippen LogP contribution in [0.15, 0.2) is 36.4 Å².